The molecule has 2 aromatic rings. The minimum Gasteiger partial charge on any atom is -0.408 e. The first kappa shape index (κ1) is 11.3. The molecule has 3 nitrogen and oxygen atoms in total. The Balaban J connectivity index is 2.60. The first-order chi connectivity index (χ1) is 7.63. The molecule has 0 saturated heterocycles. The number of aromatic nitrogens is 1. The van der Waals surface area contributed by atoms with E-state index in [9.17, 15) is 13.6 Å². The van der Waals surface area contributed by atoms with Crippen LogP contribution in [0.25, 0.3) is 11.1 Å². The van der Waals surface area contributed by atoms with Gasteiger partial charge in [0.1, 0.15) is 5.82 Å². The van der Waals surface area contributed by atoms with Crippen LogP contribution in [0, 0.1) is 5.82 Å². The molecule has 2 rings (SSSR count). The average Bonchev–Trinajstić information content (AvgIpc) is 2.52. The van der Waals surface area contributed by atoms with Gasteiger partial charge in [-0.05, 0) is 28.4 Å². The van der Waals surface area contributed by atoms with Crippen molar-refractivity contribution in [1.82, 2.24) is 4.57 Å². The summed E-state index contributed by atoms with van der Waals surface area (Å²) in [6.07, 6.45) is 0.226. The second kappa shape index (κ2) is 4.37. The van der Waals surface area contributed by atoms with E-state index in [2.05, 4.69) is 15.9 Å². The molecule has 16 heavy (non-hydrogen) atoms. The van der Waals surface area contributed by atoms with Crippen molar-refractivity contribution in [2.75, 3.05) is 6.67 Å². The van der Waals surface area contributed by atoms with Crippen molar-refractivity contribution in [2.45, 2.75) is 13.0 Å². The number of rotatable bonds is 3. The molecule has 1 aromatic carbocycles. The lowest BCUT2D eigenvalue weighted by Crippen LogP contribution is -2.14. The van der Waals surface area contributed by atoms with Gasteiger partial charge in [-0.2, -0.15) is 0 Å². The van der Waals surface area contributed by atoms with Gasteiger partial charge >= 0.3 is 5.76 Å². The number of halogens is 3. The number of benzene rings is 1. The summed E-state index contributed by atoms with van der Waals surface area (Å²) in [6.45, 7) is -0.290. The lowest BCUT2D eigenvalue weighted by atomic mass is 10.3. The number of fused-ring (bicyclic) bond motifs is 1. The predicted molar refractivity (Wildman–Crippen MR) is 58.7 cm³/mol. The Bertz CT molecular complexity index is 576. The van der Waals surface area contributed by atoms with Crippen LogP contribution in [0.15, 0.2) is 25.8 Å². The Labute approximate surface area is 97.8 Å². The molecule has 1 heterocycles. The molecular formula is C10H8BrF2NO2. The molecule has 6 heteroatoms. The monoisotopic (exact) mass is 291 g/mol. The van der Waals surface area contributed by atoms with Crippen molar-refractivity contribution in [1.29, 1.82) is 0 Å². The summed E-state index contributed by atoms with van der Waals surface area (Å²) in [5.74, 6) is -1.10. The summed E-state index contributed by atoms with van der Waals surface area (Å²) in [6, 6.07) is 2.58. The largest absolute Gasteiger partial charge is 0.419 e. The molecule has 0 amide bonds. The molecule has 0 fully saturated rings. The van der Waals surface area contributed by atoms with Crippen LogP contribution in [0.1, 0.15) is 6.42 Å². The average molecular weight is 292 g/mol. The number of nitrogens with zero attached hydrogens (tertiary/aromatic N) is 1. The van der Waals surface area contributed by atoms with Crippen LogP contribution < -0.4 is 5.76 Å². The molecule has 0 radical (unpaired) electrons. The summed E-state index contributed by atoms with van der Waals surface area (Å²) in [5.41, 5.74) is 0.635. The van der Waals surface area contributed by atoms with Crippen LogP contribution in [0.2, 0.25) is 0 Å². The van der Waals surface area contributed by atoms with Gasteiger partial charge in [-0.1, -0.05) is 0 Å². The molecule has 0 aliphatic heterocycles. The number of oxazole rings is 1. The summed E-state index contributed by atoms with van der Waals surface area (Å²) in [7, 11) is 0. The third-order valence-electron chi connectivity index (χ3n) is 2.23. The number of hydrogen-bond donors (Lipinski definition) is 0. The van der Waals surface area contributed by atoms with Gasteiger partial charge in [-0.3, -0.25) is 8.96 Å². The molecule has 86 valence electrons. The van der Waals surface area contributed by atoms with Gasteiger partial charge in [-0.25, -0.2) is 9.18 Å². The number of aryl methyl sites for hydroxylation is 1. The molecule has 0 spiro atoms. The van der Waals surface area contributed by atoms with E-state index in [1.165, 1.54) is 10.6 Å². The quantitative estimate of drug-likeness (QED) is 0.872. The van der Waals surface area contributed by atoms with E-state index >= 15 is 0 Å². The van der Waals surface area contributed by atoms with Gasteiger partial charge in [0, 0.05) is 12.6 Å². The van der Waals surface area contributed by atoms with Crippen LogP contribution in [0.3, 0.4) is 0 Å². The maximum absolute atomic E-state index is 13.2. The van der Waals surface area contributed by atoms with E-state index in [1.54, 1.807) is 0 Å². The first-order valence-electron chi connectivity index (χ1n) is 4.68. The number of alkyl halides is 1. The van der Waals surface area contributed by atoms with Crippen molar-refractivity contribution >= 4 is 27.0 Å². The molecule has 0 atom stereocenters. The topological polar surface area (TPSA) is 35.1 Å². The SMILES string of the molecule is O=c1oc2cc(F)c(Br)cc2n1CCCF. The zero-order valence-corrected chi connectivity index (χ0v) is 9.76. The van der Waals surface area contributed by atoms with E-state index in [4.69, 9.17) is 4.42 Å². The van der Waals surface area contributed by atoms with Crippen LogP contribution in [0.4, 0.5) is 8.78 Å². The Morgan fingerprint density at radius 3 is 2.88 bits per heavy atom. The van der Waals surface area contributed by atoms with Crippen LogP contribution in [-0.4, -0.2) is 11.2 Å². The van der Waals surface area contributed by atoms with Gasteiger partial charge < -0.3 is 4.42 Å². The van der Waals surface area contributed by atoms with E-state index in [1.807, 2.05) is 0 Å². The predicted octanol–water partition coefficient (Wildman–Crippen LogP) is 2.86. The van der Waals surface area contributed by atoms with Gasteiger partial charge in [0.2, 0.25) is 0 Å². The molecule has 0 saturated carbocycles. The second-order valence-electron chi connectivity index (χ2n) is 3.30. The first-order valence-corrected chi connectivity index (χ1v) is 5.47. The van der Waals surface area contributed by atoms with Crippen LogP contribution in [0.5, 0.6) is 0 Å². The van der Waals surface area contributed by atoms with Crippen molar-refractivity contribution in [3.63, 3.8) is 0 Å². The lowest BCUT2D eigenvalue weighted by Gasteiger charge is -2.00. The highest BCUT2D eigenvalue weighted by molar-refractivity contribution is 9.10. The third kappa shape index (κ3) is 1.89. The smallest absolute Gasteiger partial charge is 0.408 e. The highest BCUT2D eigenvalue weighted by Gasteiger charge is 2.12. The molecule has 0 aliphatic carbocycles. The third-order valence-corrected chi connectivity index (χ3v) is 2.83. The van der Waals surface area contributed by atoms with E-state index < -0.39 is 18.2 Å². The van der Waals surface area contributed by atoms with Crippen LogP contribution in [-0.2, 0) is 6.54 Å². The maximum atomic E-state index is 13.2. The van der Waals surface area contributed by atoms with E-state index in [0.29, 0.717) is 5.52 Å². The summed E-state index contributed by atoms with van der Waals surface area (Å²) < 4.78 is 31.6. The van der Waals surface area contributed by atoms with Gasteiger partial charge in [-0.15, -0.1) is 0 Å². The Hall–Kier alpha value is -1.17. The Morgan fingerprint density at radius 1 is 1.44 bits per heavy atom. The zero-order valence-electron chi connectivity index (χ0n) is 8.17. The summed E-state index contributed by atoms with van der Waals surface area (Å²) >= 11 is 3.02. The van der Waals surface area contributed by atoms with Crippen molar-refractivity contribution in [2.24, 2.45) is 0 Å². The minimum atomic E-state index is -0.596. The fraction of sp³-hybridized carbons (Fsp3) is 0.300. The Morgan fingerprint density at radius 2 is 2.19 bits per heavy atom. The fourth-order valence-corrected chi connectivity index (χ4v) is 1.82. The normalized spacial score (nSPS) is 11.2. The lowest BCUT2D eigenvalue weighted by molar-refractivity contribution is 0.431. The van der Waals surface area contributed by atoms with E-state index in [-0.39, 0.29) is 23.0 Å². The number of hydrogen-bond acceptors (Lipinski definition) is 2. The maximum Gasteiger partial charge on any atom is 0.419 e. The fourth-order valence-electron chi connectivity index (χ4n) is 1.49. The summed E-state index contributed by atoms with van der Waals surface area (Å²) in [4.78, 5) is 11.4. The van der Waals surface area contributed by atoms with E-state index in [0.717, 1.165) is 6.07 Å². The van der Waals surface area contributed by atoms with Crippen molar-refractivity contribution in [3.8, 4) is 0 Å². The second-order valence-corrected chi connectivity index (χ2v) is 4.15. The molecule has 0 aliphatic rings. The van der Waals surface area contributed by atoms with Gasteiger partial charge in [0.05, 0.1) is 16.7 Å². The highest BCUT2D eigenvalue weighted by Crippen LogP contribution is 2.22. The van der Waals surface area contributed by atoms with Gasteiger partial charge in [0.15, 0.2) is 5.58 Å². The zero-order chi connectivity index (χ0) is 11.7. The molecule has 0 N–H and O–H groups in total. The standard InChI is InChI=1S/C10H8BrF2NO2/c11-6-4-8-9(5-7(6)13)16-10(15)14(8)3-1-2-12/h4-5H,1-3H2. The van der Waals surface area contributed by atoms with Crippen LogP contribution >= 0.6 is 15.9 Å². The molecule has 0 unspecified atom stereocenters. The van der Waals surface area contributed by atoms with Crippen molar-refractivity contribution < 1.29 is 13.2 Å². The van der Waals surface area contributed by atoms with Crippen molar-refractivity contribution in [3.05, 3.63) is 33.0 Å². The molecular weight excluding hydrogens is 284 g/mol. The Kier molecular flexibility index (Phi) is 3.09. The molecule has 1 aromatic heterocycles. The molecule has 0 bridgehead atoms. The minimum absolute atomic E-state index is 0.171. The summed E-state index contributed by atoms with van der Waals surface area (Å²) in [5, 5.41) is 0. The highest BCUT2D eigenvalue weighted by atomic mass is 79.9. The van der Waals surface area contributed by atoms with Gasteiger partial charge in [0.25, 0.3) is 0 Å².